The van der Waals surface area contributed by atoms with Gasteiger partial charge >= 0.3 is 0 Å². The third-order valence-corrected chi connectivity index (χ3v) is 0.848. The summed E-state index contributed by atoms with van der Waals surface area (Å²) in [5.41, 5.74) is 2.48. The number of hydrogen-bond donors (Lipinski definition) is 2. The van der Waals surface area contributed by atoms with E-state index in [-0.39, 0.29) is 4.70 Å². The largest absolute Gasteiger partial charge is 0.224 e. The Hall–Kier alpha value is -0.560. The Balaban J connectivity index is 4.13. The van der Waals surface area contributed by atoms with Gasteiger partial charge in [0.25, 0.3) is 0 Å². The van der Waals surface area contributed by atoms with Crippen LogP contribution >= 0.6 is 0 Å². The van der Waals surface area contributed by atoms with Crippen molar-refractivity contribution in [3.05, 3.63) is 0 Å². The van der Waals surface area contributed by atoms with E-state index < -0.39 is 0 Å². The molecule has 11 heavy (non-hydrogen) atoms. The maximum Gasteiger partial charge on any atom is 0.115 e. The topological polar surface area (TPSA) is 62.8 Å². The molecule has 0 aliphatic heterocycles. The fraction of sp³-hybridized carbons (Fsp3) is 1.00. The first-order valence-electron chi connectivity index (χ1n) is 3.35. The van der Waals surface area contributed by atoms with Crippen molar-refractivity contribution in [2.45, 2.75) is 0 Å². The monoisotopic (exact) mass is 162 g/mol. The van der Waals surface area contributed by atoms with E-state index >= 15 is 0 Å². The lowest BCUT2D eigenvalue weighted by Crippen LogP contribution is -2.51. The maximum absolute atomic E-state index is 5.20. The van der Waals surface area contributed by atoms with E-state index in [2.05, 4.69) is 16.0 Å². The smallest absolute Gasteiger partial charge is 0.115 e. The number of hydrogen-bond acceptors (Lipinski definition) is 4. The number of quaternary nitrogens is 2. The van der Waals surface area contributed by atoms with Gasteiger partial charge in [0.2, 0.25) is 0 Å². The second-order valence-corrected chi connectivity index (χ2v) is 3.64. The Morgan fingerprint density at radius 2 is 1.45 bits per heavy atom. The summed E-state index contributed by atoms with van der Waals surface area (Å²) in [7, 11) is 9.33. The number of nitrogens with two attached hydrogens (primary N) is 1. The third kappa shape index (κ3) is 5.86. The van der Waals surface area contributed by atoms with Crippen LogP contribution in [0.4, 0.5) is 0 Å². The molecule has 0 bridgehead atoms. The van der Waals surface area contributed by atoms with Gasteiger partial charge in [-0.1, -0.05) is 10.2 Å². The van der Waals surface area contributed by atoms with Crippen LogP contribution in [-0.2, 0) is 0 Å². The molecule has 0 saturated heterocycles. The van der Waals surface area contributed by atoms with Crippen molar-refractivity contribution in [2.75, 3.05) is 35.2 Å². The summed E-state index contributed by atoms with van der Waals surface area (Å²) >= 11 is 0. The van der Waals surface area contributed by atoms with Crippen LogP contribution in [0.3, 0.4) is 0 Å². The Morgan fingerprint density at radius 1 is 1.00 bits per heavy atom. The molecule has 0 heterocycles. The fourth-order valence-electron chi connectivity index (χ4n) is 0.246. The van der Waals surface area contributed by atoms with Gasteiger partial charge in [0.05, 0.1) is 26.4 Å². The molecular formula is C5H18N6+2. The van der Waals surface area contributed by atoms with Gasteiger partial charge in [-0.2, -0.15) is 4.59 Å². The summed E-state index contributed by atoms with van der Waals surface area (Å²) in [5, 5.41) is 7.94. The second-order valence-electron chi connectivity index (χ2n) is 3.64. The molecule has 6 nitrogen and oxygen atoms in total. The summed E-state index contributed by atoms with van der Waals surface area (Å²) in [6.45, 7) is 0. The molecule has 0 rings (SSSR count). The first-order chi connectivity index (χ1) is 4.77. The number of hydrazine groups is 1. The SMILES string of the molecule is C[N+](C)(C)/N=N\[N+](C)(C)NN. The quantitative estimate of drug-likeness (QED) is 0.253. The molecule has 0 aromatic carbocycles. The maximum atomic E-state index is 5.20. The Labute approximate surface area is 67.4 Å². The molecule has 0 spiro atoms. The van der Waals surface area contributed by atoms with E-state index in [0.717, 1.165) is 0 Å². The van der Waals surface area contributed by atoms with Crippen molar-refractivity contribution in [1.29, 1.82) is 0 Å². The molecule has 0 saturated carbocycles. The van der Waals surface area contributed by atoms with Crippen LogP contribution in [0.25, 0.3) is 0 Å². The molecule has 0 aromatic rings. The van der Waals surface area contributed by atoms with Gasteiger partial charge in [-0.3, -0.25) is 0 Å². The summed E-state index contributed by atoms with van der Waals surface area (Å²) < 4.78 is 0.554. The highest BCUT2D eigenvalue weighted by Gasteiger charge is 2.14. The van der Waals surface area contributed by atoms with Crippen molar-refractivity contribution in [1.82, 2.24) is 5.53 Å². The molecular weight excluding hydrogens is 144 g/mol. The van der Waals surface area contributed by atoms with Crippen molar-refractivity contribution in [3.63, 3.8) is 0 Å². The first-order valence-corrected chi connectivity index (χ1v) is 3.35. The fourth-order valence-corrected chi connectivity index (χ4v) is 0.246. The van der Waals surface area contributed by atoms with Crippen LogP contribution in [0.1, 0.15) is 0 Å². The first kappa shape index (κ1) is 10.4. The van der Waals surface area contributed by atoms with Crippen LogP contribution < -0.4 is 11.4 Å². The molecule has 0 unspecified atom stereocenters. The van der Waals surface area contributed by atoms with E-state index in [9.17, 15) is 0 Å². The summed E-state index contributed by atoms with van der Waals surface area (Å²) in [6, 6.07) is 0. The van der Waals surface area contributed by atoms with Crippen molar-refractivity contribution in [2.24, 2.45) is 16.3 Å². The van der Waals surface area contributed by atoms with E-state index in [4.69, 9.17) is 5.84 Å². The van der Waals surface area contributed by atoms with E-state index in [1.54, 1.807) is 14.1 Å². The third-order valence-electron chi connectivity index (χ3n) is 0.848. The molecule has 0 fully saturated rings. The van der Waals surface area contributed by atoms with Crippen LogP contribution in [0.2, 0.25) is 0 Å². The predicted octanol–water partition coefficient (Wildman–Crippen LogP) is -0.570. The molecule has 0 aromatic heterocycles. The van der Waals surface area contributed by atoms with Crippen molar-refractivity contribution < 1.29 is 9.29 Å². The normalized spacial score (nSPS) is 14.4. The van der Waals surface area contributed by atoms with Crippen LogP contribution in [0.5, 0.6) is 0 Å². The molecule has 0 atom stereocenters. The van der Waals surface area contributed by atoms with Crippen LogP contribution in [0, 0.1) is 0 Å². The minimum absolute atomic E-state index is 0.121. The minimum atomic E-state index is 0.121. The molecule has 0 amide bonds. The van der Waals surface area contributed by atoms with Gasteiger partial charge in [0.1, 0.15) is 19.3 Å². The standard InChI is InChI=1S/C5H18N6/c1-10(2,3)8-9-11(4,5)7-6/h7H,6H2,1-5H3/q+2/b9-8-. The highest BCUT2D eigenvalue weighted by Crippen LogP contribution is 1.97. The Bertz CT molecular complexity index is 144. The van der Waals surface area contributed by atoms with Gasteiger partial charge in [-0.15, -0.1) is 0 Å². The lowest BCUT2D eigenvalue weighted by Gasteiger charge is -2.18. The zero-order valence-corrected chi connectivity index (χ0v) is 7.87. The van der Waals surface area contributed by atoms with Gasteiger partial charge < -0.3 is 0 Å². The molecule has 0 aliphatic carbocycles. The van der Waals surface area contributed by atoms with Crippen molar-refractivity contribution in [3.8, 4) is 0 Å². The van der Waals surface area contributed by atoms with Gasteiger partial charge in [-0.25, -0.2) is 5.84 Å². The van der Waals surface area contributed by atoms with Gasteiger partial charge in [0.15, 0.2) is 0 Å². The summed E-state index contributed by atoms with van der Waals surface area (Å²) in [5.74, 6) is 5.20. The zero-order chi connectivity index (χ0) is 9.12. The average Bonchev–Trinajstić information content (AvgIpc) is 1.83. The van der Waals surface area contributed by atoms with Gasteiger partial charge in [0, 0.05) is 0 Å². The summed E-state index contributed by atoms with van der Waals surface area (Å²) in [4.78, 5) is 0. The van der Waals surface area contributed by atoms with Crippen LogP contribution in [-0.4, -0.2) is 44.5 Å². The highest BCUT2D eigenvalue weighted by molar-refractivity contribution is 3.97. The summed E-state index contributed by atoms with van der Waals surface area (Å²) in [6.07, 6.45) is 0. The Morgan fingerprint density at radius 3 is 1.73 bits per heavy atom. The zero-order valence-electron chi connectivity index (χ0n) is 7.87. The minimum Gasteiger partial charge on any atom is -0.224 e. The lowest BCUT2D eigenvalue weighted by atomic mass is 10.9. The number of rotatable bonds is 3. The van der Waals surface area contributed by atoms with E-state index in [1.807, 2.05) is 21.1 Å². The average molecular weight is 162 g/mol. The van der Waals surface area contributed by atoms with E-state index in [0.29, 0.717) is 4.59 Å². The predicted molar refractivity (Wildman–Crippen MR) is 42.3 cm³/mol. The highest BCUT2D eigenvalue weighted by atomic mass is 15.9. The number of nitrogens with one attached hydrogen (secondary N) is 1. The van der Waals surface area contributed by atoms with Crippen molar-refractivity contribution >= 4 is 0 Å². The Kier molecular flexibility index (Phi) is 3.06. The molecule has 66 valence electrons. The lowest BCUT2D eigenvalue weighted by molar-refractivity contribution is -0.970. The molecule has 6 heteroatoms. The number of nitrogens with zero attached hydrogens (tertiary/aromatic N) is 4. The molecule has 0 aliphatic rings. The second kappa shape index (κ2) is 3.22. The van der Waals surface area contributed by atoms with Crippen LogP contribution in [0.15, 0.2) is 10.4 Å². The molecule has 0 radical (unpaired) electrons. The van der Waals surface area contributed by atoms with Gasteiger partial charge in [-0.05, 0) is 0 Å². The molecule has 3 N–H and O–H groups in total. The van der Waals surface area contributed by atoms with E-state index in [1.165, 1.54) is 0 Å².